The Bertz CT molecular complexity index is 336. The van der Waals surface area contributed by atoms with Gasteiger partial charge in [-0.15, -0.1) is 13.2 Å². The molecule has 90 valence electrons. The first-order chi connectivity index (χ1) is 7.42. The molecule has 0 spiro atoms. The van der Waals surface area contributed by atoms with Crippen LogP contribution < -0.4 is 4.74 Å². The first-order valence-electron chi connectivity index (χ1n) is 4.77. The largest absolute Gasteiger partial charge is 0.573 e. The van der Waals surface area contributed by atoms with Gasteiger partial charge in [0, 0.05) is 13.0 Å². The van der Waals surface area contributed by atoms with Crippen LogP contribution in [0.5, 0.6) is 5.75 Å². The number of halogens is 3. The van der Waals surface area contributed by atoms with Crippen molar-refractivity contribution in [2.24, 2.45) is 0 Å². The van der Waals surface area contributed by atoms with E-state index in [-0.39, 0.29) is 11.7 Å². The van der Waals surface area contributed by atoms with Crippen LogP contribution in [0.4, 0.5) is 13.2 Å². The minimum atomic E-state index is -4.65. The number of methoxy groups -OCH3 is 1. The molecule has 0 unspecified atom stereocenters. The fraction of sp³-hybridized carbons (Fsp3) is 0.455. The lowest BCUT2D eigenvalue weighted by Crippen LogP contribution is -2.17. The molecule has 0 aliphatic carbocycles. The average Bonchev–Trinajstić information content (AvgIpc) is 2.16. The Labute approximate surface area is 92.0 Å². The van der Waals surface area contributed by atoms with Gasteiger partial charge in [-0.3, -0.25) is 0 Å². The molecule has 0 aromatic heterocycles. The summed E-state index contributed by atoms with van der Waals surface area (Å²) in [5.74, 6) is -0.172. The first kappa shape index (κ1) is 12.8. The average molecular weight is 234 g/mol. The van der Waals surface area contributed by atoms with E-state index in [1.165, 1.54) is 18.2 Å². The van der Waals surface area contributed by atoms with Crippen LogP contribution in [0.15, 0.2) is 24.3 Å². The number of hydrogen-bond acceptors (Lipinski definition) is 2. The third-order valence-electron chi connectivity index (χ3n) is 2.08. The Kier molecular flexibility index (Phi) is 4.18. The van der Waals surface area contributed by atoms with E-state index in [1.807, 2.05) is 6.92 Å². The van der Waals surface area contributed by atoms with E-state index < -0.39 is 6.36 Å². The summed E-state index contributed by atoms with van der Waals surface area (Å²) in [5.41, 5.74) is 0.753. The van der Waals surface area contributed by atoms with Crippen molar-refractivity contribution in [1.29, 1.82) is 0 Å². The highest BCUT2D eigenvalue weighted by atomic mass is 19.4. The lowest BCUT2D eigenvalue weighted by atomic mass is 10.0. The number of alkyl halides is 3. The number of ether oxygens (including phenoxy) is 2. The molecule has 1 aromatic carbocycles. The summed E-state index contributed by atoms with van der Waals surface area (Å²) in [7, 11) is 1.55. The zero-order valence-electron chi connectivity index (χ0n) is 9.04. The molecule has 2 nitrogen and oxygen atoms in total. The van der Waals surface area contributed by atoms with Crippen LogP contribution in [0.2, 0.25) is 0 Å². The molecule has 0 amide bonds. The van der Waals surface area contributed by atoms with Crippen molar-refractivity contribution in [2.75, 3.05) is 13.7 Å². The highest BCUT2D eigenvalue weighted by Crippen LogP contribution is 2.26. The molecule has 0 bridgehead atoms. The number of benzene rings is 1. The Morgan fingerprint density at radius 1 is 1.31 bits per heavy atom. The summed E-state index contributed by atoms with van der Waals surface area (Å²) in [6, 6.07) is 5.92. The maximum absolute atomic E-state index is 12.0. The summed E-state index contributed by atoms with van der Waals surface area (Å²) in [4.78, 5) is 0. The molecule has 5 heteroatoms. The zero-order valence-corrected chi connectivity index (χ0v) is 9.04. The van der Waals surface area contributed by atoms with Crippen LogP contribution in [-0.2, 0) is 4.74 Å². The monoisotopic (exact) mass is 234 g/mol. The Morgan fingerprint density at radius 3 is 2.56 bits per heavy atom. The second kappa shape index (κ2) is 5.21. The number of hydrogen-bond donors (Lipinski definition) is 0. The van der Waals surface area contributed by atoms with Crippen molar-refractivity contribution in [1.82, 2.24) is 0 Å². The van der Waals surface area contributed by atoms with Gasteiger partial charge in [0.05, 0.1) is 6.61 Å². The van der Waals surface area contributed by atoms with Gasteiger partial charge in [0.15, 0.2) is 0 Å². The summed E-state index contributed by atoms with van der Waals surface area (Å²) >= 11 is 0. The molecule has 1 rings (SSSR count). The van der Waals surface area contributed by atoms with Crippen molar-refractivity contribution in [2.45, 2.75) is 19.2 Å². The highest BCUT2D eigenvalue weighted by molar-refractivity contribution is 5.30. The molecule has 0 saturated heterocycles. The fourth-order valence-corrected chi connectivity index (χ4v) is 1.36. The maximum Gasteiger partial charge on any atom is 0.573 e. The van der Waals surface area contributed by atoms with Gasteiger partial charge in [0.1, 0.15) is 5.75 Å². The van der Waals surface area contributed by atoms with E-state index in [1.54, 1.807) is 13.2 Å². The van der Waals surface area contributed by atoms with E-state index in [4.69, 9.17) is 4.74 Å². The number of rotatable bonds is 4. The van der Waals surface area contributed by atoms with Crippen molar-refractivity contribution >= 4 is 0 Å². The van der Waals surface area contributed by atoms with Crippen molar-refractivity contribution < 1.29 is 22.6 Å². The molecule has 0 N–H and O–H groups in total. The summed E-state index contributed by atoms with van der Waals surface area (Å²) < 4.78 is 44.7. The molecule has 1 aromatic rings. The van der Waals surface area contributed by atoms with Gasteiger partial charge in [0.2, 0.25) is 0 Å². The Balaban J connectivity index is 2.78. The molecule has 0 aliphatic heterocycles. The van der Waals surface area contributed by atoms with Gasteiger partial charge in [0.25, 0.3) is 0 Å². The van der Waals surface area contributed by atoms with Gasteiger partial charge in [-0.05, 0) is 17.7 Å². The summed E-state index contributed by atoms with van der Waals surface area (Å²) in [6.07, 6.45) is -4.65. The van der Waals surface area contributed by atoms with Crippen LogP contribution >= 0.6 is 0 Å². The molecular formula is C11H13F3O2. The predicted octanol–water partition coefficient (Wildman–Crippen LogP) is 3.34. The fourth-order valence-electron chi connectivity index (χ4n) is 1.36. The van der Waals surface area contributed by atoms with E-state index in [2.05, 4.69) is 4.74 Å². The van der Waals surface area contributed by atoms with Crippen molar-refractivity contribution in [3.63, 3.8) is 0 Å². The van der Waals surface area contributed by atoms with Crippen LogP contribution in [-0.4, -0.2) is 20.1 Å². The standard InChI is InChI=1S/C11H13F3O2/c1-8(7-15-2)9-4-3-5-10(6-9)16-11(12,13)14/h3-6,8H,7H2,1-2H3/t8-/m0/s1. The Morgan fingerprint density at radius 2 is 2.00 bits per heavy atom. The highest BCUT2D eigenvalue weighted by Gasteiger charge is 2.31. The van der Waals surface area contributed by atoms with Gasteiger partial charge < -0.3 is 9.47 Å². The van der Waals surface area contributed by atoms with Gasteiger partial charge in [-0.25, -0.2) is 0 Å². The third-order valence-corrected chi connectivity index (χ3v) is 2.08. The van der Waals surface area contributed by atoms with Crippen LogP contribution in [0.3, 0.4) is 0 Å². The first-order valence-corrected chi connectivity index (χ1v) is 4.77. The van der Waals surface area contributed by atoms with Crippen LogP contribution in [0, 0.1) is 0 Å². The molecule has 0 saturated carbocycles. The lowest BCUT2D eigenvalue weighted by Gasteiger charge is -2.13. The normalized spacial score (nSPS) is 13.6. The van der Waals surface area contributed by atoms with Gasteiger partial charge >= 0.3 is 6.36 Å². The summed E-state index contributed by atoms with van der Waals surface area (Å²) in [6.45, 7) is 2.33. The zero-order chi connectivity index (χ0) is 12.2. The molecule has 1 atom stereocenters. The molecule has 16 heavy (non-hydrogen) atoms. The lowest BCUT2D eigenvalue weighted by molar-refractivity contribution is -0.274. The van der Waals surface area contributed by atoms with Crippen molar-refractivity contribution in [3.05, 3.63) is 29.8 Å². The second-order valence-electron chi connectivity index (χ2n) is 3.48. The van der Waals surface area contributed by atoms with Crippen LogP contribution in [0.1, 0.15) is 18.4 Å². The molecule has 0 radical (unpaired) electrons. The Hall–Kier alpha value is -1.23. The topological polar surface area (TPSA) is 18.5 Å². The van der Waals surface area contributed by atoms with Gasteiger partial charge in [-0.1, -0.05) is 19.1 Å². The van der Waals surface area contributed by atoms with E-state index >= 15 is 0 Å². The minimum Gasteiger partial charge on any atom is -0.406 e. The van der Waals surface area contributed by atoms with Crippen molar-refractivity contribution in [3.8, 4) is 5.75 Å². The predicted molar refractivity (Wildman–Crippen MR) is 53.4 cm³/mol. The molecule has 0 heterocycles. The molecular weight excluding hydrogens is 221 g/mol. The quantitative estimate of drug-likeness (QED) is 0.795. The van der Waals surface area contributed by atoms with E-state index in [9.17, 15) is 13.2 Å². The van der Waals surface area contributed by atoms with E-state index in [0.717, 1.165) is 5.56 Å². The third kappa shape index (κ3) is 4.10. The molecule has 0 fully saturated rings. The summed E-state index contributed by atoms with van der Waals surface area (Å²) in [5, 5.41) is 0. The van der Waals surface area contributed by atoms with E-state index in [0.29, 0.717) is 6.61 Å². The van der Waals surface area contributed by atoms with Crippen LogP contribution in [0.25, 0.3) is 0 Å². The second-order valence-corrected chi connectivity index (χ2v) is 3.48. The maximum atomic E-state index is 12.0. The smallest absolute Gasteiger partial charge is 0.406 e. The SMILES string of the molecule is COC[C@H](C)c1cccc(OC(F)(F)F)c1. The van der Waals surface area contributed by atoms with Gasteiger partial charge in [-0.2, -0.15) is 0 Å². The minimum absolute atomic E-state index is 0.0294. The molecule has 0 aliphatic rings.